The van der Waals surface area contributed by atoms with Gasteiger partial charge in [0.05, 0.1) is 7.11 Å². The number of rotatable bonds is 3. The van der Waals surface area contributed by atoms with Crippen LogP contribution < -0.4 is 10.1 Å². The van der Waals surface area contributed by atoms with Crippen molar-refractivity contribution >= 4 is 49.5 Å². The molecule has 0 fully saturated rings. The molecule has 2 N–H and O–H groups in total. The molecule has 0 unspecified atom stereocenters. The van der Waals surface area contributed by atoms with E-state index in [9.17, 15) is 0 Å². The Morgan fingerprint density at radius 3 is 2.83 bits per heavy atom. The molecule has 3 aromatic heterocycles. The molecule has 0 amide bonds. The molecule has 0 saturated heterocycles. The molecule has 23 heavy (non-hydrogen) atoms. The van der Waals surface area contributed by atoms with E-state index in [-0.39, 0.29) is 0 Å². The second-order valence-corrected chi connectivity index (χ2v) is 5.88. The molecule has 0 bridgehead atoms. The lowest BCUT2D eigenvalue weighted by molar-refractivity contribution is 0.415. The summed E-state index contributed by atoms with van der Waals surface area (Å²) in [6.07, 6.45) is 3.27. The van der Waals surface area contributed by atoms with Crippen LogP contribution in [0.3, 0.4) is 0 Å². The van der Waals surface area contributed by atoms with Crippen molar-refractivity contribution in [1.82, 2.24) is 19.9 Å². The van der Waals surface area contributed by atoms with Crippen molar-refractivity contribution in [1.29, 1.82) is 0 Å². The maximum Gasteiger partial charge on any atom is 0.159 e. The van der Waals surface area contributed by atoms with Crippen molar-refractivity contribution in [2.24, 2.45) is 0 Å². The van der Waals surface area contributed by atoms with Crippen molar-refractivity contribution in [3.63, 3.8) is 0 Å². The molecule has 0 aliphatic carbocycles. The normalized spacial score (nSPS) is 11.0. The van der Waals surface area contributed by atoms with Crippen LogP contribution in [0.25, 0.3) is 21.9 Å². The Kier molecular flexibility index (Phi) is 3.34. The molecule has 6 nitrogen and oxygen atoms in total. The van der Waals surface area contributed by atoms with Gasteiger partial charge < -0.3 is 15.0 Å². The number of halogens is 1. The van der Waals surface area contributed by atoms with Gasteiger partial charge in [0.25, 0.3) is 0 Å². The number of H-pyrrole nitrogens is 1. The number of benzene rings is 1. The zero-order valence-electron chi connectivity index (χ0n) is 12.2. The van der Waals surface area contributed by atoms with E-state index < -0.39 is 0 Å². The number of aromatic amines is 1. The van der Waals surface area contributed by atoms with Crippen LogP contribution in [-0.2, 0) is 0 Å². The first kappa shape index (κ1) is 14.0. The summed E-state index contributed by atoms with van der Waals surface area (Å²) in [5.41, 5.74) is 2.65. The molecule has 0 aliphatic heterocycles. The lowest BCUT2D eigenvalue weighted by Crippen LogP contribution is -1.97. The number of pyridine rings is 1. The lowest BCUT2D eigenvalue weighted by Gasteiger charge is -2.05. The summed E-state index contributed by atoms with van der Waals surface area (Å²) in [6.45, 7) is 0. The van der Waals surface area contributed by atoms with E-state index in [0.717, 1.165) is 32.2 Å². The Bertz CT molecular complexity index is 997. The van der Waals surface area contributed by atoms with Gasteiger partial charge in [0.1, 0.15) is 28.9 Å². The molecule has 4 rings (SSSR count). The van der Waals surface area contributed by atoms with Gasteiger partial charge in [-0.3, -0.25) is 0 Å². The van der Waals surface area contributed by atoms with Gasteiger partial charge in [0.2, 0.25) is 0 Å². The van der Waals surface area contributed by atoms with E-state index in [0.29, 0.717) is 11.6 Å². The Morgan fingerprint density at radius 2 is 2.04 bits per heavy atom. The van der Waals surface area contributed by atoms with Gasteiger partial charge in [-0.2, -0.15) is 0 Å². The highest BCUT2D eigenvalue weighted by Crippen LogP contribution is 2.30. The number of methoxy groups -OCH3 is 1. The number of ether oxygens (including phenoxy) is 1. The molecule has 7 heteroatoms. The molecular weight excluding hydrogens is 358 g/mol. The van der Waals surface area contributed by atoms with Gasteiger partial charge in [-0.1, -0.05) is 0 Å². The van der Waals surface area contributed by atoms with Gasteiger partial charge >= 0.3 is 0 Å². The largest absolute Gasteiger partial charge is 0.497 e. The highest BCUT2D eigenvalue weighted by atomic mass is 79.9. The Labute approximate surface area is 140 Å². The van der Waals surface area contributed by atoms with E-state index in [2.05, 4.69) is 41.2 Å². The Balaban J connectivity index is 1.85. The lowest BCUT2D eigenvalue weighted by atomic mass is 10.2. The van der Waals surface area contributed by atoms with Crippen LogP contribution in [0.4, 0.5) is 11.6 Å². The third kappa shape index (κ3) is 2.49. The average Bonchev–Trinajstić information content (AvgIpc) is 2.96. The predicted molar refractivity (Wildman–Crippen MR) is 93.2 cm³/mol. The fourth-order valence-corrected chi connectivity index (χ4v) is 2.70. The fraction of sp³-hybridized carbons (Fsp3) is 0.0625. The van der Waals surface area contributed by atoms with Crippen molar-refractivity contribution in [2.75, 3.05) is 12.4 Å². The third-order valence-electron chi connectivity index (χ3n) is 3.56. The van der Waals surface area contributed by atoms with Crippen LogP contribution in [0.15, 0.2) is 47.3 Å². The molecule has 4 aromatic rings. The summed E-state index contributed by atoms with van der Waals surface area (Å²) >= 11 is 3.37. The van der Waals surface area contributed by atoms with E-state index in [4.69, 9.17) is 4.74 Å². The molecule has 0 aliphatic rings. The minimum atomic E-state index is 0.681. The van der Waals surface area contributed by atoms with Gasteiger partial charge in [-0.05, 0) is 46.3 Å². The first-order valence-corrected chi connectivity index (χ1v) is 7.73. The van der Waals surface area contributed by atoms with Crippen LogP contribution >= 0.6 is 15.9 Å². The van der Waals surface area contributed by atoms with Gasteiger partial charge in [0.15, 0.2) is 5.82 Å². The third-order valence-corrected chi connectivity index (χ3v) is 4.03. The van der Waals surface area contributed by atoms with Crippen molar-refractivity contribution < 1.29 is 4.74 Å². The summed E-state index contributed by atoms with van der Waals surface area (Å²) in [4.78, 5) is 16.4. The second kappa shape index (κ2) is 5.51. The molecule has 0 atom stereocenters. The summed E-state index contributed by atoms with van der Waals surface area (Å²) < 4.78 is 6.21. The number of hydrogen-bond acceptors (Lipinski definition) is 5. The van der Waals surface area contributed by atoms with Gasteiger partial charge in [-0.15, -0.1) is 0 Å². The zero-order chi connectivity index (χ0) is 15.8. The maximum absolute atomic E-state index is 5.29. The number of hydrogen-bond donors (Lipinski definition) is 2. The minimum Gasteiger partial charge on any atom is -0.497 e. The van der Waals surface area contributed by atoms with Crippen molar-refractivity contribution in [3.8, 4) is 5.75 Å². The summed E-state index contributed by atoms with van der Waals surface area (Å²) in [6, 6.07) is 9.64. The quantitative estimate of drug-likeness (QED) is 0.570. The highest BCUT2D eigenvalue weighted by molar-refractivity contribution is 9.10. The van der Waals surface area contributed by atoms with E-state index in [1.54, 1.807) is 13.3 Å². The van der Waals surface area contributed by atoms with Crippen LogP contribution in [0.1, 0.15) is 0 Å². The van der Waals surface area contributed by atoms with Crippen LogP contribution in [0.2, 0.25) is 0 Å². The van der Waals surface area contributed by atoms with Gasteiger partial charge in [-0.25, -0.2) is 15.0 Å². The molecule has 1 aromatic carbocycles. The van der Waals surface area contributed by atoms with E-state index >= 15 is 0 Å². The molecule has 3 heterocycles. The molecular formula is C16H12BrN5O. The monoisotopic (exact) mass is 369 g/mol. The molecule has 114 valence electrons. The molecule has 0 radical (unpaired) electrons. The zero-order valence-corrected chi connectivity index (χ0v) is 13.8. The number of fused-ring (bicyclic) bond motifs is 3. The SMILES string of the molecule is COc1ccc2[nH]c3c(Nc4ccc(Br)cn4)ncnc3c2c1. The number of aromatic nitrogens is 4. The molecule has 0 spiro atoms. The van der Waals surface area contributed by atoms with Crippen LogP contribution in [-0.4, -0.2) is 27.0 Å². The summed E-state index contributed by atoms with van der Waals surface area (Å²) in [5.74, 6) is 2.19. The van der Waals surface area contributed by atoms with Crippen LogP contribution in [0, 0.1) is 0 Å². The first-order valence-electron chi connectivity index (χ1n) is 6.93. The summed E-state index contributed by atoms with van der Waals surface area (Å²) in [7, 11) is 1.65. The highest BCUT2D eigenvalue weighted by Gasteiger charge is 2.11. The standard InChI is InChI=1S/C16H12BrN5O/c1-23-10-3-4-12-11(6-10)14-15(21-12)16(20-8-19-14)22-13-5-2-9(17)7-18-13/h2-8,21H,1H3,(H,18,19,20,22). The minimum absolute atomic E-state index is 0.681. The van der Waals surface area contributed by atoms with E-state index in [1.165, 1.54) is 6.33 Å². The van der Waals surface area contributed by atoms with Crippen LogP contribution in [0.5, 0.6) is 5.75 Å². The molecule has 0 saturated carbocycles. The predicted octanol–water partition coefficient (Wildman–Crippen LogP) is 4.02. The summed E-state index contributed by atoms with van der Waals surface area (Å²) in [5, 5.41) is 4.21. The van der Waals surface area contributed by atoms with E-state index in [1.807, 2.05) is 30.3 Å². The smallest absolute Gasteiger partial charge is 0.159 e. The maximum atomic E-state index is 5.29. The first-order chi connectivity index (χ1) is 11.2. The number of nitrogens with zero attached hydrogens (tertiary/aromatic N) is 3. The average molecular weight is 370 g/mol. The number of nitrogens with one attached hydrogen (secondary N) is 2. The van der Waals surface area contributed by atoms with Crippen molar-refractivity contribution in [3.05, 3.63) is 47.3 Å². The van der Waals surface area contributed by atoms with Crippen molar-refractivity contribution in [2.45, 2.75) is 0 Å². The topological polar surface area (TPSA) is 75.7 Å². The number of anilines is 2. The Morgan fingerprint density at radius 1 is 1.13 bits per heavy atom. The fourth-order valence-electron chi connectivity index (χ4n) is 2.46. The second-order valence-electron chi connectivity index (χ2n) is 4.97. The Hall–Kier alpha value is -2.67. The van der Waals surface area contributed by atoms with Gasteiger partial charge in [0, 0.05) is 21.6 Å².